The van der Waals surface area contributed by atoms with Gasteiger partial charge in [-0.1, -0.05) is 12.1 Å². The molecule has 0 spiro atoms. The van der Waals surface area contributed by atoms with E-state index in [-0.39, 0.29) is 11.3 Å². The van der Waals surface area contributed by atoms with Crippen LogP contribution in [-0.4, -0.2) is 46.6 Å². The van der Waals surface area contributed by atoms with Crippen LogP contribution in [0, 0.1) is 33.3 Å². The van der Waals surface area contributed by atoms with Crippen molar-refractivity contribution in [1.82, 2.24) is 4.90 Å². The largest absolute Gasteiger partial charge is 0.497 e. The van der Waals surface area contributed by atoms with E-state index in [1.54, 1.807) is 41.4 Å². The summed E-state index contributed by atoms with van der Waals surface area (Å²) < 4.78 is 5.15. The molecule has 4 atom stereocenters. The van der Waals surface area contributed by atoms with Gasteiger partial charge in [-0.05, 0) is 36.4 Å². The van der Waals surface area contributed by atoms with Gasteiger partial charge in [0.15, 0.2) is 5.78 Å². The normalized spacial score (nSPS) is 24.5. The molecule has 174 valence electrons. The Labute approximate surface area is 199 Å². The third kappa shape index (κ3) is 3.36. The van der Waals surface area contributed by atoms with Crippen LogP contribution in [0.25, 0.3) is 0 Å². The lowest BCUT2D eigenvalue weighted by atomic mass is 9.86. The summed E-state index contributed by atoms with van der Waals surface area (Å²) in [6.07, 6.45) is 4.64. The molecule has 35 heavy (non-hydrogen) atoms. The number of nitro groups is 1. The van der Waals surface area contributed by atoms with Crippen molar-refractivity contribution in [2.24, 2.45) is 11.8 Å². The number of ketones is 1. The smallest absolute Gasteiger partial charge is 0.270 e. The molecule has 10 heteroatoms. The number of methoxy groups -OCH3 is 1. The standard InChI is InChI=1S/C25H18N4O6/c1-35-18-7-5-16(6-8-18)28-24(31)20-19-11-14(13-26)9-10-27(19)22(21(20)25(28)32)23(30)15-3-2-4-17(12-15)29(33)34/h2-12,19-22H,1H3/t19-,20+,21+,22-/m1/s1. The fourth-order valence-electron chi connectivity index (χ4n) is 5.05. The minimum atomic E-state index is -1.07. The van der Waals surface area contributed by atoms with Crippen LogP contribution >= 0.6 is 0 Å². The number of ether oxygens (including phenoxy) is 1. The minimum absolute atomic E-state index is 0.0650. The molecule has 10 nitrogen and oxygen atoms in total. The van der Waals surface area contributed by atoms with E-state index in [1.807, 2.05) is 6.07 Å². The van der Waals surface area contributed by atoms with Crippen LogP contribution in [0.4, 0.5) is 11.4 Å². The number of rotatable bonds is 5. The molecule has 3 heterocycles. The maximum Gasteiger partial charge on any atom is 0.270 e. The number of anilines is 1. The second-order valence-electron chi connectivity index (χ2n) is 8.37. The average Bonchev–Trinajstić information content (AvgIpc) is 3.35. The highest BCUT2D eigenvalue weighted by atomic mass is 16.6. The number of carbonyl (C=O) groups is 3. The number of amides is 2. The molecule has 0 aliphatic carbocycles. The first-order valence-corrected chi connectivity index (χ1v) is 10.7. The molecule has 3 aliphatic heterocycles. The van der Waals surface area contributed by atoms with Crippen molar-refractivity contribution in [2.75, 3.05) is 12.0 Å². The zero-order valence-electron chi connectivity index (χ0n) is 18.4. The summed E-state index contributed by atoms with van der Waals surface area (Å²) in [5.74, 6) is -2.90. The van der Waals surface area contributed by atoms with Crippen molar-refractivity contribution in [3.8, 4) is 11.8 Å². The van der Waals surface area contributed by atoms with E-state index in [0.29, 0.717) is 17.0 Å². The molecule has 2 aromatic carbocycles. The fourth-order valence-corrected chi connectivity index (χ4v) is 5.05. The highest BCUT2D eigenvalue weighted by molar-refractivity contribution is 6.24. The molecule has 5 rings (SSSR count). The van der Waals surface area contributed by atoms with E-state index < -0.39 is 46.4 Å². The third-order valence-corrected chi connectivity index (χ3v) is 6.62. The Morgan fingerprint density at radius 1 is 1.11 bits per heavy atom. The number of hydrogen-bond acceptors (Lipinski definition) is 8. The summed E-state index contributed by atoms with van der Waals surface area (Å²) in [7, 11) is 1.50. The zero-order chi connectivity index (χ0) is 24.9. The SMILES string of the molecule is COc1ccc(N2C(=O)[C@@H]3[C@H](C2=O)[C@H](C(=O)c2cccc([N+](=O)[O-])c2)N2C=CC(C#N)=C[C@H]32)cc1. The maximum absolute atomic E-state index is 13.7. The number of benzene rings is 2. The molecule has 3 aliphatic rings. The zero-order valence-corrected chi connectivity index (χ0v) is 18.4. The Hall–Kier alpha value is -4.78. The van der Waals surface area contributed by atoms with E-state index in [2.05, 4.69) is 0 Å². The molecule has 2 aromatic rings. The monoisotopic (exact) mass is 470 g/mol. The number of nitro benzene ring substituents is 1. The highest BCUT2D eigenvalue weighted by Crippen LogP contribution is 2.47. The predicted molar refractivity (Wildman–Crippen MR) is 122 cm³/mol. The lowest BCUT2D eigenvalue weighted by Crippen LogP contribution is -2.46. The summed E-state index contributed by atoms with van der Waals surface area (Å²) in [4.78, 5) is 54.2. The second kappa shape index (κ2) is 8.22. The van der Waals surface area contributed by atoms with Crippen molar-refractivity contribution < 1.29 is 24.0 Å². The van der Waals surface area contributed by atoms with Gasteiger partial charge >= 0.3 is 0 Å². The van der Waals surface area contributed by atoms with Gasteiger partial charge in [-0.15, -0.1) is 0 Å². The van der Waals surface area contributed by atoms with Gasteiger partial charge in [0.1, 0.15) is 11.8 Å². The van der Waals surface area contributed by atoms with E-state index in [4.69, 9.17) is 4.74 Å². The number of imide groups is 1. The molecule has 2 saturated heterocycles. The Kier molecular flexibility index (Phi) is 5.17. The number of carbonyl (C=O) groups excluding carboxylic acids is 3. The van der Waals surface area contributed by atoms with Gasteiger partial charge in [0.05, 0.1) is 47.2 Å². The molecule has 0 aromatic heterocycles. The van der Waals surface area contributed by atoms with E-state index in [9.17, 15) is 29.8 Å². The minimum Gasteiger partial charge on any atom is -0.497 e. The summed E-state index contributed by atoms with van der Waals surface area (Å²) >= 11 is 0. The Morgan fingerprint density at radius 2 is 1.83 bits per heavy atom. The maximum atomic E-state index is 13.7. The Morgan fingerprint density at radius 3 is 2.49 bits per heavy atom. The van der Waals surface area contributed by atoms with Gasteiger partial charge in [-0.3, -0.25) is 24.5 Å². The lowest BCUT2D eigenvalue weighted by molar-refractivity contribution is -0.384. The van der Waals surface area contributed by atoms with E-state index >= 15 is 0 Å². The summed E-state index contributed by atoms with van der Waals surface area (Å²) in [6.45, 7) is 0. The molecular formula is C25H18N4O6. The molecule has 2 fully saturated rings. The second-order valence-corrected chi connectivity index (χ2v) is 8.37. The van der Waals surface area contributed by atoms with Gasteiger partial charge < -0.3 is 9.64 Å². The Bertz CT molecular complexity index is 1370. The van der Waals surface area contributed by atoms with Gasteiger partial charge in [0, 0.05) is 23.9 Å². The van der Waals surface area contributed by atoms with Crippen molar-refractivity contribution >= 4 is 29.0 Å². The first-order chi connectivity index (χ1) is 16.8. The van der Waals surface area contributed by atoms with Gasteiger partial charge in [-0.2, -0.15) is 5.26 Å². The van der Waals surface area contributed by atoms with Crippen molar-refractivity contribution in [2.45, 2.75) is 12.1 Å². The van der Waals surface area contributed by atoms with Crippen LogP contribution in [0.2, 0.25) is 0 Å². The molecule has 0 bridgehead atoms. The first kappa shape index (κ1) is 22.0. The number of hydrogen-bond donors (Lipinski definition) is 0. The van der Waals surface area contributed by atoms with Crippen LogP contribution in [0.3, 0.4) is 0 Å². The number of non-ortho nitro benzene ring substituents is 1. The Balaban J connectivity index is 1.59. The average molecular weight is 470 g/mol. The van der Waals surface area contributed by atoms with Gasteiger partial charge in [-0.25, -0.2) is 4.90 Å². The van der Waals surface area contributed by atoms with Crippen LogP contribution < -0.4 is 9.64 Å². The van der Waals surface area contributed by atoms with Crippen LogP contribution in [0.1, 0.15) is 10.4 Å². The molecule has 0 radical (unpaired) electrons. The van der Waals surface area contributed by atoms with Gasteiger partial charge in [0.25, 0.3) is 5.69 Å². The molecule has 2 amide bonds. The summed E-state index contributed by atoms with van der Waals surface area (Å²) in [5.41, 5.74) is 0.474. The summed E-state index contributed by atoms with van der Waals surface area (Å²) in [6, 6.07) is 12.0. The summed E-state index contributed by atoms with van der Waals surface area (Å²) in [5, 5.41) is 20.6. The molecule has 0 N–H and O–H groups in total. The van der Waals surface area contributed by atoms with Crippen LogP contribution in [0.5, 0.6) is 5.75 Å². The van der Waals surface area contributed by atoms with Crippen molar-refractivity contribution in [3.05, 3.63) is 88.1 Å². The number of allylic oxidation sites excluding steroid dienone is 2. The quantitative estimate of drug-likeness (QED) is 0.282. The molecule has 0 unspecified atom stereocenters. The lowest BCUT2D eigenvalue weighted by Gasteiger charge is -2.32. The number of nitrogens with zero attached hydrogens (tertiary/aromatic N) is 4. The van der Waals surface area contributed by atoms with Crippen LogP contribution in [0.15, 0.2) is 72.5 Å². The van der Waals surface area contributed by atoms with Crippen molar-refractivity contribution in [3.63, 3.8) is 0 Å². The number of nitriles is 1. The van der Waals surface area contributed by atoms with E-state index in [0.717, 1.165) is 11.0 Å². The first-order valence-electron chi connectivity index (χ1n) is 10.7. The van der Waals surface area contributed by atoms with E-state index in [1.165, 1.54) is 31.4 Å². The highest BCUT2D eigenvalue weighted by Gasteiger charge is 2.63. The third-order valence-electron chi connectivity index (χ3n) is 6.62. The topological polar surface area (TPSA) is 134 Å². The fraction of sp³-hybridized carbons (Fsp3) is 0.200. The van der Waals surface area contributed by atoms with Crippen molar-refractivity contribution in [1.29, 1.82) is 5.26 Å². The molecule has 0 saturated carbocycles. The predicted octanol–water partition coefficient (Wildman–Crippen LogP) is 2.62. The molecular weight excluding hydrogens is 452 g/mol. The van der Waals surface area contributed by atoms with Crippen LogP contribution in [-0.2, 0) is 9.59 Å². The van der Waals surface area contributed by atoms with Gasteiger partial charge in [0.2, 0.25) is 11.8 Å². The number of Topliss-reactive ketones (excluding diaryl/α,β-unsaturated/α-hetero) is 1. The number of fused-ring (bicyclic) bond motifs is 3.